The molecule has 0 aliphatic rings. The third kappa shape index (κ3) is 5.61. The Kier molecular flexibility index (Phi) is 6.59. The van der Waals surface area contributed by atoms with E-state index in [1.54, 1.807) is 6.07 Å². The van der Waals surface area contributed by atoms with E-state index in [0.717, 1.165) is 11.3 Å². The van der Waals surface area contributed by atoms with Crippen molar-refractivity contribution in [3.8, 4) is 0 Å². The van der Waals surface area contributed by atoms with Crippen LogP contribution in [0.4, 0.5) is 5.69 Å². The molecule has 0 saturated heterocycles. The molecule has 2 aromatic carbocycles. The van der Waals surface area contributed by atoms with Crippen molar-refractivity contribution in [1.82, 2.24) is 4.90 Å². The van der Waals surface area contributed by atoms with Crippen molar-refractivity contribution in [2.45, 2.75) is 33.2 Å². The Morgan fingerprint density at radius 3 is 2.28 bits per heavy atom. The molecular formula is C20H23ClN2O2. The van der Waals surface area contributed by atoms with Crippen LogP contribution in [0.25, 0.3) is 0 Å². The number of nitrogens with one attached hydrogen (secondary N) is 1. The summed E-state index contributed by atoms with van der Waals surface area (Å²) in [7, 11) is 0. The Bertz CT molecular complexity index is 742. The number of amides is 2. The summed E-state index contributed by atoms with van der Waals surface area (Å²) in [5.41, 5.74) is 2.74. The third-order valence-corrected chi connectivity index (χ3v) is 4.33. The molecule has 2 rings (SSSR count). The number of rotatable bonds is 6. The van der Waals surface area contributed by atoms with E-state index >= 15 is 0 Å². The highest BCUT2D eigenvalue weighted by Gasteiger charge is 2.15. The van der Waals surface area contributed by atoms with Gasteiger partial charge in [-0.15, -0.1) is 0 Å². The van der Waals surface area contributed by atoms with Gasteiger partial charge in [0, 0.05) is 24.2 Å². The molecule has 132 valence electrons. The quantitative estimate of drug-likeness (QED) is 0.829. The molecule has 0 heterocycles. The molecule has 0 atom stereocenters. The molecule has 0 fully saturated rings. The Hall–Kier alpha value is -2.33. The second kappa shape index (κ2) is 8.67. The second-order valence-corrected chi connectivity index (χ2v) is 6.70. The first kappa shape index (κ1) is 19.0. The number of halogens is 1. The van der Waals surface area contributed by atoms with Gasteiger partial charge in [-0.1, -0.05) is 55.8 Å². The van der Waals surface area contributed by atoms with Gasteiger partial charge in [0.15, 0.2) is 0 Å². The molecule has 0 aliphatic heterocycles. The Morgan fingerprint density at radius 1 is 1.08 bits per heavy atom. The van der Waals surface area contributed by atoms with Crippen LogP contribution in [0.5, 0.6) is 0 Å². The lowest BCUT2D eigenvalue weighted by Gasteiger charge is -2.21. The fraction of sp³-hybridized carbons (Fsp3) is 0.300. The molecule has 0 saturated carbocycles. The highest BCUT2D eigenvalue weighted by atomic mass is 35.5. The van der Waals surface area contributed by atoms with E-state index in [4.69, 9.17) is 11.6 Å². The molecule has 25 heavy (non-hydrogen) atoms. The minimum absolute atomic E-state index is 0.0213. The summed E-state index contributed by atoms with van der Waals surface area (Å²) < 4.78 is 0. The molecule has 5 heteroatoms. The van der Waals surface area contributed by atoms with Crippen LogP contribution in [0, 0.1) is 0 Å². The molecule has 0 aromatic heterocycles. The summed E-state index contributed by atoms with van der Waals surface area (Å²) in [6, 6.07) is 15.0. The zero-order valence-corrected chi connectivity index (χ0v) is 15.5. The lowest BCUT2D eigenvalue weighted by molar-refractivity contribution is -0.133. The van der Waals surface area contributed by atoms with E-state index in [9.17, 15) is 9.59 Å². The maximum absolute atomic E-state index is 12.3. The normalized spacial score (nSPS) is 10.6. The topological polar surface area (TPSA) is 49.4 Å². The highest BCUT2D eigenvalue weighted by Crippen LogP contribution is 2.18. The zero-order valence-electron chi connectivity index (χ0n) is 14.8. The molecule has 0 aliphatic carbocycles. The summed E-state index contributed by atoms with van der Waals surface area (Å²) in [5, 5.41) is 3.41. The second-order valence-electron chi connectivity index (χ2n) is 6.29. The van der Waals surface area contributed by atoms with Crippen LogP contribution in [-0.4, -0.2) is 23.3 Å². The van der Waals surface area contributed by atoms with Gasteiger partial charge in [-0.2, -0.15) is 0 Å². The largest absolute Gasteiger partial charge is 0.329 e. The van der Waals surface area contributed by atoms with E-state index in [1.165, 1.54) is 17.4 Å². The van der Waals surface area contributed by atoms with Crippen molar-refractivity contribution < 1.29 is 9.59 Å². The fourth-order valence-electron chi connectivity index (χ4n) is 2.44. The van der Waals surface area contributed by atoms with E-state index in [-0.39, 0.29) is 18.4 Å². The molecule has 2 amide bonds. The average Bonchev–Trinajstić information content (AvgIpc) is 2.56. The SMILES string of the molecule is CC(=O)N(CC(=O)Nc1ccc(C(C)C)cc1)Cc1ccccc1Cl. The fourth-order valence-corrected chi connectivity index (χ4v) is 2.63. The molecule has 1 N–H and O–H groups in total. The van der Waals surface area contributed by atoms with Gasteiger partial charge in [-0.05, 0) is 35.2 Å². The number of nitrogens with zero attached hydrogens (tertiary/aromatic N) is 1. The van der Waals surface area contributed by atoms with Crippen LogP contribution >= 0.6 is 11.6 Å². The summed E-state index contributed by atoms with van der Waals surface area (Å²) in [6.45, 7) is 5.96. The van der Waals surface area contributed by atoms with Gasteiger partial charge in [0.1, 0.15) is 6.54 Å². The van der Waals surface area contributed by atoms with E-state index in [2.05, 4.69) is 19.2 Å². The maximum atomic E-state index is 12.3. The number of carbonyl (C=O) groups is 2. The predicted molar refractivity (Wildman–Crippen MR) is 102 cm³/mol. The average molecular weight is 359 g/mol. The summed E-state index contributed by atoms with van der Waals surface area (Å²) in [4.78, 5) is 25.6. The first-order valence-corrected chi connectivity index (χ1v) is 8.63. The number of hydrogen-bond acceptors (Lipinski definition) is 2. The predicted octanol–water partition coefficient (Wildman–Crippen LogP) is 4.45. The van der Waals surface area contributed by atoms with Crippen molar-refractivity contribution in [2.24, 2.45) is 0 Å². The van der Waals surface area contributed by atoms with Gasteiger partial charge in [0.25, 0.3) is 0 Å². The van der Waals surface area contributed by atoms with Crippen LogP contribution in [0.3, 0.4) is 0 Å². The van der Waals surface area contributed by atoms with Crippen molar-refractivity contribution in [3.05, 3.63) is 64.7 Å². The first-order chi connectivity index (χ1) is 11.9. The number of anilines is 1. The van der Waals surface area contributed by atoms with Crippen molar-refractivity contribution >= 4 is 29.1 Å². The van der Waals surface area contributed by atoms with Gasteiger partial charge in [-0.3, -0.25) is 9.59 Å². The zero-order chi connectivity index (χ0) is 18.4. The molecule has 0 unspecified atom stereocenters. The molecule has 2 aromatic rings. The summed E-state index contributed by atoms with van der Waals surface area (Å²) in [5.74, 6) is 0.0263. The lowest BCUT2D eigenvalue weighted by Crippen LogP contribution is -2.36. The molecule has 0 radical (unpaired) electrons. The van der Waals surface area contributed by atoms with Gasteiger partial charge < -0.3 is 10.2 Å². The molecular weight excluding hydrogens is 336 g/mol. The van der Waals surface area contributed by atoms with Gasteiger partial charge >= 0.3 is 0 Å². The van der Waals surface area contributed by atoms with Crippen molar-refractivity contribution in [1.29, 1.82) is 0 Å². The number of carbonyl (C=O) groups excluding carboxylic acids is 2. The Balaban J connectivity index is 2.00. The van der Waals surface area contributed by atoms with Gasteiger partial charge in [0.05, 0.1) is 0 Å². The third-order valence-electron chi connectivity index (χ3n) is 3.96. The van der Waals surface area contributed by atoms with Crippen molar-refractivity contribution in [3.63, 3.8) is 0 Å². The molecule has 0 bridgehead atoms. The monoisotopic (exact) mass is 358 g/mol. The Morgan fingerprint density at radius 2 is 1.72 bits per heavy atom. The highest BCUT2D eigenvalue weighted by molar-refractivity contribution is 6.31. The van der Waals surface area contributed by atoms with E-state index in [1.807, 2.05) is 42.5 Å². The van der Waals surface area contributed by atoms with Crippen LogP contribution in [-0.2, 0) is 16.1 Å². The van der Waals surface area contributed by atoms with E-state index < -0.39 is 0 Å². The first-order valence-electron chi connectivity index (χ1n) is 8.25. The van der Waals surface area contributed by atoms with Crippen LogP contribution in [0.15, 0.2) is 48.5 Å². The van der Waals surface area contributed by atoms with Crippen LogP contribution in [0.2, 0.25) is 5.02 Å². The van der Waals surface area contributed by atoms with Crippen LogP contribution in [0.1, 0.15) is 37.8 Å². The summed E-state index contributed by atoms with van der Waals surface area (Å²) >= 11 is 6.14. The molecule has 0 spiro atoms. The van der Waals surface area contributed by atoms with Gasteiger partial charge in [0.2, 0.25) is 11.8 Å². The minimum Gasteiger partial charge on any atom is -0.329 e. The van der Waals surface area contributed by atoms with Gasteiger partial charge in [-0.25, -0.2) is 0 Å². The van der Waals surface area contributed by atoms with Crippen molar-refractivity contribution in [2.75, 3.05) is 11.9 Å². The number of benzene rings is 2. The minimum atomic E-state index is -0.237. The Labute approximate surface area is 153 Å². The standard InChI is InChI=1S/C20H23ClN2O2/c1-14(2)16-8-10-18(11-9-16)22-20(25)13-23(15(3)24)12-17-6-4-5-7-19(17)21/h4-11,14H,12-13H2,1-3H3,(H,22,25). The smallest absolute Gasteiger partial charge is 0.244 e. The van der Waals surface area contributed by atoms with Crippen LogP contribution < -0.4 is 5.32 Å². The lowest BCUT2D eigenvalue weighted by atomic mass is 10.0. The molecule has 4 nitrogen and oxygen atoms in total. The number of hydrogen-bond donors (Lipinski definition) is 1. The van der Waals surface area contributed by atoms with E-state index in [0.29, 0.717) is 17.5 Å². The maximum Gasteiger partial charge on any atom is 0.244 e. The summed E-state index contributed by atoms with van der Waals surface area (Å²) in [6.07, 6.45) is 0.